The largest absolute Gasteiger partial charge is 0.507 e. The third-order valence-corrected chi connectivity index (χ3v) is 7.59. The number of aromatic hydroxyl groups is 1. The summed E-state index contributed by atoms with van der Waals surface area (Å²) in [6.45, 7) is 5.58. The number of nitrogens with zero attached hydrogens (tertiary/aromatic N) is 1. The highest BCUT2D eigenvalue weighted by Gasteiger charge is 2.54. The van der Waals surface area contributed by atoms with E-state index in [4.69, 9.17) is 11.6 Å². The molecule has 35 heavy (non-hydrogen) atoms. The van der Waals surface area contributed by atoms with Gasteiger partial charge in [-0.1, -0.05) is 43.6 Å². The minimum Gasteiger partial charge on any atom is -0.507 e. The number of hydrogen-bond acceptors (Lipinski definition) is 5. The van der Waals surface area contributed by atoms with Gasteiger partial charge in [-0.05, 0) is 55.0 Å². The smallest absolute Gasteiger partial charge is 0.326 e. The van der Waals surface area contributed by atoms with Crippen LogP contribution in [0.1, 0.15) is 49.5 Å². The molecule has 2 aromatic rings. The normalized spacial score (nSPS) is 21.5. The average Bonchev–Trinajstić information content (AvgIpc) is 3.03. The van der Waals surface area contributed by atoms with Crippen LogP contribution < -0.4 is 10.6 Å². The molecule has 8 nitrogen and oxygen atoms in total. The lowest BCUT2D eigenvalue weighted by Gasteiger charge is -2.36. The summed E-state index contributed by atoms with van der Waals surface area (Å²) in [5.74, 6) is -2.83. The molecule has 1 aliphatic rings. The summed E-state index contributed by atoms with van der Waals surface area (Å²) in [6.07, 6.45) is 1.14. The van der Waals surface area contributed by atoms with E-state index in [1.165, 1.54) is 18.2 Å². The molecule has 0 bridgehead atoms. The zero-order valence-electron chi connectivity index (χ0n) is 19.8. The molecule has 9 heteroatoms. The average molecular weight is 498 g/mol. The first-order chi connectivity index (χ1) is 16.4. The number of carbonyl (C=O) groups is 3. The van der Waals surface area contributed by atoms with Gasteiger partial charge in [-0.15, -0.1) is 0 Å². The van der Waals surface area contributed by atoms with Crippen LogP contribution in [0.5, 0.6) is 5.75 Å². The van der Waals surface area contributed by atoms with Gasteiger partial charge in [0, 0.05) is 18.0 Å². The van der Waals surface area contributed by atoms with E-state index < -0.39 is 34.7 Å². The molecule has 184 valence electrons. The van der Waals surface area contributed by atoms with E-state index in [2.05, 4.69) is 16.7 Å². The van der Waals surface area contributed by atoms with Crippen LogP contribution in [-0.2, 0) is 16.0 Å². The van der Waals surface area contributed by atoms with Crippen molar-refractivity contribution in [2.24, 2.45) is 16.7 Å². The molecular formula is C26H28ClN3O5. The van der Waals surface area contributed by atoms with E-state index in [1.807, 2.05) is 20.8 Å². The van der Waals surface area contributed by atoms with Crippen molar-refractivity contribution in [2.75, 3.05) is 5.32 Å². The molecule has 0 heterocycles. The van der Waals surface area contributed by atoms with Crippen LogP contribution in [0.25, 0.3) is 0 Å². The lowest BCUT2D eigenvalue weighted by atomic mass is 9.66. The lowest BCUT2D eigenvalue weighted by molar-refractivity contribution is -0.143. The Kier molecular flexibility index (Phi) is 7.41. The van der Waals surface area contributed by atoms with Crippen molar-refractivity contribution in [2.45, 2.75) is 46.1 Å². The predicted molar refractivity (Wildman–Crippen MR) is 131 cm³/mol. The first kappa shape index (κ1) is 26.0. The Morgan fingerprint density at radius 1 is 1.17 bits per heavy atom. The van der Waals surface area contributed by atoms with Crippen molar-refractivity contribution < 1.29 is 24.6 Å². The van der Waals surface area contributed by atoms with Gasteiger partial charge in [0.05, 0.1) is 16.5 Å². The summed E-state index contributed by atoms with van der Waals surface area (Å²) in [4.78, 5) is 37.3. The second kappa shape index (κ2) is 9.96. The SMILES string of the molecule is CC1(C)[C@@H](C(=O)N[C@@H](Cc2ccc(NC(=O)c3c(O)cccc3Cl)cc2)C(=O)O)CC[C@@]1(C)C#N. The number of anilines is 1. The van der Waals surface area contributed by atoms with Gasteiger partial charge in [-0.3, -0.25) is 9.59 Å². The number of rotatable bonds is 7. The highest BCUT2D eigenvalue weighted by Crippen LogP contribution is 2.55. The van der Waals surface area contributed by atoms with Crippen LogP contribution in [0.3, 0.4) is 0 Å². The van der Waals surface area contributed by atoms with E-state index in [0.717, 1.165) is 0 Å². The van der Waals surface area contributed by atoms with Gasteiger partial charge < -0.3 is 20.8 Å². The van der Waals surface area contributed by atoms with E-state index >= 15 is 0 Å². The third kappa shape index (κ3) is 5.25. The number of hydrogen-bond donors (Lipinski definition) is 4. The molecule has 2 amide bonds. The van der Waals surface area contributed by atoms with Gasteiger partial charge in [0.1, 0.15) is 17.4 Å². The van der Waals surface area contributed by atoms with Crippen LogP contribution in [0, 0.1) is 28.1 Å². The van der Waals surface area contributed by atoms with Crippen molar-refractivity contribution >= 4 is 35.1 Å². The number of nitrogens with one attached hydrogen (secondary N) is 2. The number of phenolic OH excluding ortho intramolecular Hbond substituents is 1. The first-order valence-electron chi connectivity index (χ1n) is 11.2. The molecule has 0 aliphatic heterocycles. The van der Waals surface area contributed by atoms with Crippen molar-refractivity contribution in [3.8, 4) is 11.8 Å². The second-order valence-corrected chi connectivity index (χ2v) is 10.1. The first-order valence-corrected chi connectivity index (χ1v) is 11.6. The van der Waals surface area contributed by atoms with E-state index in [-0.39, 0.29) is 28.7 Å². The van der Waals surface area contributed by atoms with Crippen molar-refractivity contribution in [1.82, 2.24) is 5.32 Å². The highest BCUT2D eigenvalue weighted by atomic mass is 35.5. The summed E-state index contributed by atoms with van der Waals surface area (Å²) < 4.78 is 0. The number of carboxylic acid groups (broad SMARTS) is 1. The molecule has 1 fully saturated rings. The van der Waals surface area contributed by atoms with Gasteiger partial charge >= 0.3 is 5.97 Å². The van der Waals surface area contributed by atoms with E-state index in [0.29, 0.717) is 24.1 Å². The van der Waals surface area contributed by atoms with Gasteiger partial charge in [0.25, 0.3) is 5.91 Å². The minimum atomic E-state index is -1.16. The molecule has 1 saturated carbocycles. The predicted octanol–water partition coefficient (Wildman–Crippen LogP) is 4.38. The van der Waals surface area contributed by atoms with Crippen molar-refractivity contribution in [3.63, 3.8) is 0 Å². The molecule has 0 unspecified atom stereocenters. The molecule has 3 atom stereocenters. The molecule has 1 aliphatic carbocycles. The Morgan fingerprint density at radius 2 is 1.83 bits per heavy atom. The number of aliphatic carboxylic acids is 1. The lowest BCUT2D eigenvalue weighted by Crippen LogP contribution is -2.48. The number of carbonyl (C=O) groups excluding carboxylic acids is 2. The summed E-state index contributed by atoms with van der Waals surface area (Å²) in [5, 5.41) is 34.6. The maximum absolute atomic E-state index is 13.0. The number of amides is 2. The number of phenols is 1. The quantitative estimate of drug-likeness (QED) is 0.447. The van der Waals surface area contributed by atoms with Crippen molar-refractivity contribution in [1.29, 1.82) is 5.26 Å². The fraction of sp³-hybridized carbons (Fsp3) is 0.385. The molecule has 3 rings (SSSR count). The molecule has 2 aromatic carbocycles. The summed E-state index contributed by atoms with van der Waals surface area (Å²) in [5.41, 5.74) is -0.227. The van der Waals surface area contributed by atoms with E-state index in [9.17, 15) is 29.9 Å². The fourth-order valence-corrected chi connectivity index (χ4v) is 4.78. The molecular weight excluding hydrogens is 470 g/mol. The fourth-order valence-electron chi connectivity index (χ4n) is 4.52. The van der Waals surface area contributed by atoms with Crippen LogP contribution in [0.15, 0.2) is 42.5 Å². The Labute approximate surface area is 208 Å². The third-order valence-electron chi connectivity index (χ3n) is 7.27. The molecule has 0 spiro atoms. The van der Waals surface area contributed by atoms with Gasteiger partial charge in [0.2, 0.25) is 5.91 Å². The van der Waals surface area contributed by atoms with Crippen LogP contribution in [-0.4, -0.2) is 34.0 Å². The molecule has 0 aromatic heterocycles. The Balaban J connectivity index is 1.67. The zero-order chi connectivity index (χ0) is 26.0. The monoisotopic (exact) mass is 497 g/mol. The number of halogens is 1. The topological polar surface area (TPSA) is 140 Å². The molecule has 0 saturated heterocycles. The molecule has 4 N–H and O–H groups in total. The molecule has 0 radical (unpaired) electrons. The van der Waals surface area contributed by atoms with Crippen LogP contribution >= 0.6 is 11.6 Å². The minimum absolute atomic E-state index is 0.0449. The van der Waals surface area contributed by atoms with Crippen LogP contribution in [0.4, 0.5) is 5.69 Å². The number of nitriles is 1. The second-order valence-electron chi connectivity index (χ2n) is 9.65. The Hall–Kier alpha value is -3.57. The van der Waals surface area contributed by atoms with Crippen LogP contribution in [0.2, 0.25) is 5.02 Å². The summed E-state index contributed by atoms with van der Waals surface area (Å²) in [6, 6.07) is 12.0. The maximum atomic E-state index is 13.0. The summed E-state index contributed by atoms with van der Waals surface area (Å²) >= 11 is 6.01. The zero-order valence-corrected chi connectivity index (χ0v) is 20.5. The maximum Gasteiger partial charge on any atom is 0.326 e. The standard InChI is InChI=1S/C26H28ClN3O5/c1-25(2)17(11-12-26(25,3)14-28)22(32)30-19(24(34)35)13-15-7-9-16(10-8-15)29-23(33)21-18(27)5-4-6-20(21)31/h4-10,17,19,31H,11-13H2,1-3H3,(H,29,33)(H,30,32)(H,34,35)/t17-,19+,26+/m1/s1. The van der Waals surface area contributed by atoms with Gasteiger partial charge in [0.15, 0.2) is 0 Å². The summed E-state index contributed by atoms with van der Waals surface area (Å²) in [7, 11) is 0. The van der Waals surface area contributed by atoms with Gasteiger partial charge in [-0.25, -0.2) is 4.79 Å². The Bertz CT molecular complexity index is 1170. The van der Waals surface area contributed by atoms with Crippen molar-refractivity contribution in [3.05, 3.63) is 58.6 Å². The number of carboxylic acids is 1. The number of benzene rings is 2. The highest BCUT2D eigenvalue weighted by molar-refractivity contribution is 6.34. The van der Waals surface area contributed by atoms with E-state index in [1.54, 1.807) is 24.3 Å². The van der Waals surface area contributed by atoms with Gasteiger partial charge in [-0.2, -0.15) is 5.26 Å². The Morgan fingerprint density at radius 3 is 2.37 bits per heavy atom.